The molecular weight excluding hydrogens is 178 g/mol. The van der Waals surface area contributed by atoms with Gasteiger partial charge in [-0.2, -0.15) is 0 Å². The Balaban J connectivity index is 2.08. The SMILES string of the molecule is CC(C)(C)N1CC2COCC(C1)C2O. The van der Waals surface area contributed by atoms with Gasteiger partial charge in [-0.3, -0.25) is 4.90 Å². The normalized spacial score (nSPS) is 39.9. The Morgan fingerprint density at radius 2 is 1.64 bits per heavy atom. The molecule has 2 aliphatic rings. The summed E-state index contributed by atoms with van der Waals surface area (Å²) in [4.78, 5) is 2.47. The summed E-state index contributed by atoms with van der Waals surface area (Å²) in [6.07, 6.45) is -0.137. The minimum absolute atomic E-state index is 0.137. The van der Waals surface area contributed by atoms with Crippen molar-refractivity contribution in [3.8, 4) is 0 Å². The summed E-state index contributed by atoms with van der Waals surface area (Å²) >= 11 is 0. The standard InChI is InChI=1S/C11H21NO2/c1-11(2,3)12-4-8-6-14-7-9(5-12)10(8)13/h8-10,13H,4-7H2,1-3H3. The minimum Gasteiger partial charge on any atom is -0.392 e. The zero-order chi connectivity index (χ0) is 10.3. The van der Waals surface area contributed by atoms with Gasteiger partial charge in [-0.15, -0.1) is 0 Å². The Labute approximate surface area is 86.0 Å². The van der Waals surface area contributed by atoms with E-state index in [2.05, 4.69) is 25.7 Å². The molecule has 0 aromatic heterocycles. The number of piperidine rings is 1. The van der Waals surface area contributed by atoms with E-state index in [1.165, 1.54) is 0 Å². The summed E-state index contributed by atoms with van der Waals surface area (Å²) < 4.78 is 5.48. The van der Waals surface area contributed by atoms with Gasteiger partial charge in [-0.25, -0.2) is 0 Å². The maximum atomic E-state index is 9.97. The molecule has 2 bridgehead atoms. The number of hydrogen-bond donors (Lipinski definition) is 1. The van der Waals surface area contributed by atoms with Gasteiger partial charge < -0.3 is 9.84 Å². The van der Waals surface area contributed by atoms with Crippen molar-refractivity contribution in [1.82, 2.24) is 4.90 Å². The first-order valence-corrected chi connectivity index (χ1v) is 5.49. The van der Waals surface area contributed by atoms with E-state index in [1.54, 1.807) is 0 Å². The molecule has 82 valence electrons. The largest absolute Gasteiger partial charge is 0.392 e. The van der Waals surface area contributed by atoms with Gasteiger partial charge in [-0.1, -0.05) is 0 Å². The zero-order valence-electron chi connectivity index (χ0n) is 9.36. The quantitative estimate of drug-likeness (QED) is 0.624. The molecule has 0 saturated carbocycles. The van der Waals surface area contributed by atoms with Crippen LogP contribution in [0.15, 0.2) is 0 Å². The zero-order valence-corrected chi connectivity index (χ0v) is 9.36. The molecule has 2 saturated heterocycles. The fourth-order valence-electron chi connectivity index (χ4n) is 2.46. The molecule has 0 spiro atoms. The molecule has 1 N–H and O–H groups in total. The number of ether oxygens (including phenoxy) is 1. The lowest BCUT2D eigenvalue weighted by atomic mass is 9.83. The van der Waals surface area contributed by atoms with Gasteiger partial charge in [0, 0.05) is 30.5 Å². The predicted octanol–water partition coefficient (Wildman–Crippen LogP) is 0.724. The molecule has 0 aliphatic carbocycles. The van der Waals surface area contributed by atoms with Gasteiger partial charge >= 0.3 is 0 Å². The molecule has 0 aromatic rings. The Morgan fingerprint density at radius 1 is 1.14 bits per heavy atom. The first-order valence-electron chi connectivity index (χ1n) is 5.49. The van der Waals surface area contributed by atoms with Gasteiger partial charge in [0.25, 0.3) is 0 Å². The lowest BCUT2D eigenvalue weighted by Gasteiger charge is -2.49. The average molecular weight is 199 g/mol. The maximum absolute atomic E-state index is 9.97. The highest BCUT2D eigenvalue weighted by atomic mass is 16.5. The van der Waals surface area contributed by atoms with Crippen LogP contribution in [0.1, 0.15) is 20.8 Å². The molecule has 2 atom stereocenters. The highest BCUT2D eigenvalue weighted by Crippen LogP contribution is 2.31. The average Bonchev–Trinajstić information content (AvgIpc) is 2.00. The van der Waals surface area contributed by atoms with Crippen LogP contribution in [0, 0.1) is 11.8 Å². The van der Waals surface area contributed by atoms with Crippen LogP contribution in [0.25, 0.3) is 0 Å². The molecule has 3 nitrogen and oxygen atoms in total. The van der Waals surface area contributed by atoms with E-state index in [9.17, 15) is 5.11 Å². The van der Waals surface area contributed by atoms with Crippen molar-refractivity contribution >= 4 is 0 Å². The fourth-order valence-corrected chi connectivity index (χ4v) is 2.46. The van der Waals surface area contributed by atoms with E-state index in [0.29, 0.717) is 11.8 Å². The van der Waals surface area contributed by atoms with Gasteiger partial charge in [0.1, 0.15) is 0 Å². The highest BCUT2D eigenvalue weighted by molar-refractivity contribution is 4.93. The number of fused-ring (bicyclic) bond motifs is 2. The second-order valence-electron chi connectivity index (χ2n) is 5.62. The van der Waals surface area contributed by atoms with Crippen molar-refractivity contribution in [1.29, 1.82) is 0 Å². The second-order valence-corrected chi connectivity index (χ2v) is 5.62. The van der Waals surface area contributed by atoms with Crippen LogP contribution >= 0.6 is 0 Å². The number of nitrogens with zero attached hydrogens (tertiary/aromatic N) is 1. The smallest absolute Gasteiger partial charge is 0.0665 e. The third kappa shape index (κ3) is 1.81. The van der Waals surface area contributed by atoms with Crippen molar-refractivity contribution in [2.45, 2.75) is 32.4 Å². The van der Waals surface area contributed by atoms with Gasteiger partial charge in [0.2, 0.25) is 0 Å². The Kier molecular flexibility index (Phi) is 2.58. The Hall–Kier alpha value is -0.120. The summed E-state index contributed by atoms with van der Waals surface area (Å²) in [5, 5.41) is 9.97. The van der Waals surface area contributed by atoms with E-state index in [0.717, 1.165) is 26.3 Å². The van der Waals surface area contributed by atoms with E-state index >= 15 is 0 Å². The molecule has 2 aliphatic heterocycles. The van der Waals surface area contributed by atoms with E-state index in [4.69, 9.17) is 4.74 Å². The van der Waals surface area contributed by atoms with Crippen molar-refractivity contribution in [3.63, 3.8) is 0 Å². The van der Waals surface area contributed by atoms with Crippen molar-refractivity contribution < 1.29 is 9.84 Å². The third-order valence-corrected chi connectivity index (χ3v) is 3.49. The lowest BCUT2D eigenvalue weighted by molar-refractivity contribution is -0.137. The van der Waals surface area contributed by atoms with E-state index in [-0.39, 0.29) is 11.6 Å². The number of hydrogen-bond acceptors (Lipinski definition) is 3. The van der Waals surface area contributed by atoms with Crippen molar-refractivity contribution in [2.24, 2.45) is 11.8 Å². The minimum atomic E-state index is -0.137. The molecular formula is C11H21NO2. The molecule has 0 radical (unpaired) electrons. The molecule has 0 aromatic carbocycles. The number of rotatable bonds is 0. The summed E-state index contributed by atoms with van der Waals surface area (Å²) in [6, 6.07) is 0. The van der Waals surface area contributed by atoms with Crippen LogP contribution in [0.2, 0.25) is 0 Å². The third-order valence-electron chi connectivity index (χ3n) is 3.49. The van der Waals surface area contributed by atoms with Crippen molar-refractivity contribution in [3.05, 3.63) is 0 Å². The fraction of sp³-hybridized carbons (Fsp3) is 1.00. The monoisotopic (exact) mass is 199 g/mol. The molecule has 0 amide bonds. The highest BCUT2D eigenvalue weighted by Gasteiger charge is 2.41. The van der Waals surface area contributed by atoms with Crippen LogP contribution in [-0.4, -0.2) is 48.0 Å². The van der Waals surface area contributed by atoms with Crippen LogP contribution < -0.4 is 0 Å². The molecule has 14 heavy (non-hydrogen) atoms. The van der Waals surface area contributed by atoms with Gasteiger partial charge in [0.05, 0.1) is 19.3 Å². The predicted molar refractivity (Wildman–Crippen MR) is 55.1 cm³/mol. The lowest BCUT2D eigenvalue weighted by Crippen LogP contribution is -2.59. The summed E-state index contributed by atoms with van der Waals surface area (Å²) in [5.41, 5.74) is 0.216. The van der Waals surface area contributed by atoms with E-state index in [1.807, 2.05) is 0 Å². The van der Waals surface area contributed by atoms with Crippen LogP contribution in [-0.2, 0) is 4.74 Å². The maximum Gasteiger partial charge on any atom is 0.0665 e. The van der Waals surface area contributed by atoms with Crippen LogP contribution in [0.4, 0.5) is 0 Å². The molecule has 2 fully saturated rings. The first-order chi connectivity index (χ1) is 6.48. The van der Waals surface area contributed by atoms with Crippen LogP contribution in [0.5, 0.6) is 0 Å². The summed E-state index contributed by atoms with van der Waals surface area (Å²) in [6.45, 7) is 10.1. The van der Waals surface area contributed by atoms with Crippen LogP contribution in [0.3, 0.4) is 0 Å². The second kappa shape index (κ2) is 3.47. The summed E-state index contributed by atoms with van der Waals surface area (Å²) in [5.74, 6) is 0.642. The topological polar surface area (TPSA) is 32.7 Å². The molecule has 2 unspecified atom stereocenters. The Bertz CT molecular complexity index is 198. The van der Waals surface area contributed by atoms with E-state index < -0.39 is 0 Å². The number of aliphatic hydroxyl groups is 1. The number of likely N-dealkylation sites (tertiary alicyclic amines) is 1. The number of aliphatic hydroxyl groups excluding tert-OH is 1. The molecule has 2 rings (SSSR count). The first kappa shape index (κ1) is 10.4. The van der Waals surface area contributed by atoms with Gasteiger partial charge in [-0.05, 0) is 20.8 Å². The van der Waals surface area contributed by atoms with Gasteiger partial charge in [0.15, 0.2) is 0 Å². The molecule has 3 heteroatoms. The summed E-state index contributed by atoms with van der Waals surface area (Å²) in [7, 11) is 0. The molecule has 2 heterocycles. The Morgan fingerprint density at radius 3 is 2.07 bits per heavy atom. The van der Waals surface area contributed by atoms with Crippen molar-refractivity contribution in [2.75, 3.05) is 26.3 Å².